The number of hydrogen-bond donors (Lipinski definition) is 1. The molecule has 0 unspecified atom stereocenters. The molecule has 0 saturated carbocycles. The number of carbonyl (C=O) groups is 1. The predicted molar refractivity (Wildman–Crippen MR) is 148 cm³/mol. The third-order valence-corrected chi connectivity index (χ3v) is 6.01. The van der Waals surface area contributed by atoms with E-state index in [-0.39, 0.29) is 24.5 Å². The summed E-state index contributed by atoms with van der Waals surface area (Å²) in [5, 5.41) is 30.3. The summed E-state index contributed by atoms with van der Waals surface area (Å²) in [6, 6.07) is 18.2. The molecule has 1 N–H and O–H groups in total. The molecule has 0 radical (unpaired) electrons. The number of nitrogens with one attached hydrogen (secondary N) is 1. The number of benzene rings is 3. The van der Waals surface area contributed by atoms with Crippen LogP contribution >= 0.6 is 15.9 Å². The lowest BCUT2D eigenvalue weighted by molar-refractivity contribution is -0.385. The molecule has 1 aromatic heterocycles. The summed E-state index contributed by atoms with van der Waals surface area (Å²) in [5.41, 5.74) is 3.54. The second kappa shape index (κ2) is 12.6. The monoisotopic (exact) mass is 608 g/mol. The topological polar surface area (TPSA) is 164 Å². The first kappa shape index (κ1) is 27.9. The Hall–Kier alpha value is -5.11. The molecule has 3 aromatic carbocycles. The summed E-state index contributed by atoms with van der Waals surface area (Å²) in [7, 11) is 1.48. The van der Waals surface area contributed by atoms with Gasteiger partial charge in [-0.15, -0.1) is 0 Å². The van der Waals surface area contributed by atoms with Crippen molar-refractivity contribution in [3.8, 4) is 11.5 Å². The van der Waals surface area contributed by atoms with Gasteiger partial charge in [0.15, 0.2) is 0 Å². The third kappa shape index (κ3) is 7.05. The number of methoxy groups -OCH3 is 1. The quantitative estimate of drug-likeness (QED) is 0.143. The lowest BCUT2D eigenvalue weighted by Crippen LogP contribution is -2.19. The van der Waals surface area contributed by atoms with Crippen LogP contribution in [-0.2, 0) is 13.2 Å². The molecule has 1 amide bonds. The Balaban J connectivity index is 1.40. The van der Waals surface area contributed by atoms with Crippen molar-refractivity contribution in [1.29, 1.82) is 0 Å². The summed E-state index contributed by atoms with van der Waals surface area (Å²) in [4.78, 5) is 33.8. The van der Waals surface area contributed by atoms with Crippen molar-refractivity contribution in [1.82, 2.24) is 15.2 Å². The maximum atomic E-state index is 12.6. The number of nitro groups is 2. The Morgan fingerprint density at radius 1 is 1.10 bits per heavy atom. The Kier molecular flexibility index (Phi) is 8.81. The van der Waals surface area contributed by atoms with Crippen LogP contribution in [0.2, 0.25) is 0 Å². The molecule has 40 heavy (non-hydrogen) atoms. The second-order valence-electron chi connectivity index (χ2n) is 8.26. The molecule has 0 saturated heterocycles. The van der Waals surface area contributed by atoms with Crippen molar-refractivity contribution in [3.05, 3.63) is 120 Å². The van der Waals surface area contributed by atoms with E-state index >= 15 is 0 Å². The zero-order chi connectivity index (χ0) is 28.6. The highest BCUT2D eigenvalue weighted by Gasteiger charge is 2.25. The van der Waals surface area contributed by atoms with E-state index in [9.17, 15) is 25.0 Å². The lowest BCUT2D eigenvalue weighted by atomic mass is 10.1. The van der Waals surface area contributed by atoms with Gasteiger partial charge in [0.05, 0.1) is 29.7 Å². The average Bonchev–Trinajstić information content (AvgIpc) is 3.36. The molecule has 0 atom stereocenters. The van der Waals surface area contributed by atoms with Crippen LogP contribution in [0.15, 0.2) is 82.5 Å². The van der Waals surface area contributed by atoms with E-state index < -0.39 is 21.4 Å². The molecular weight excluding hydrogens is 588 g/mol. The molecule has 0 bridgehead atoms. The standard InChI is InChI=1S/C26H21BrN6O7/c1-39-24-12-17(5-6-19(24)16-40-22-9-7-21(8-10-22)32(35)36)13-28-29-26(34)25-23(33(37)38)15-31(30-25)14-18-3-2-4-20(27)11-18/h2-13,15H,14,16H2,1H3,(H,29,34)/b28-13-. The maximum absolute atomic E-state index is 12.6. The van der Waals surface area contributed by atoms with Gasteiger partial charge < -0.3 is 9.47 Å². The fourth-order valence-electron chi connectivity index (χ4n) is 3.61. The highest BCUT2D eigenvalue weighted by atomic mass is 79.9. The Morgan fingerprint density at radius 3 is 2.55 bits per heavy atom. The zero-order valence-corrected chi connectivity index (χ0v) is 22.5. The van der Waals surface area contributed by atoms with Gasteiger partial charge in [0.1, 0.15) is 24.3 Å². The van der Waals surface area contributed by atoms with Crippen molar-refractivity contribution >= 4 is 39.4 Å². The summed E-state index contributed by atoms with van der Waals surface area (Å²) in [6.45, 7) is 0.373. The SMILES string of the molecule is COc1cc(/C=N\NC(=O)c2nn(Cc3cccc(Br)c3)cc2[N+](=O)[O-])ccc1COc1ccc([N+](=O)[O-])cc1. The fourth-order valence-corrected chi connectivity index (χ4v) is 4.06. The van der Waals surface area contributed by atoms with E-state index in [1.165, 1.54) is 48.5 Å². The molecule has 0 aliphatic rings. The molecule has 1 heterocycles. The largest absolute Gasteiger partial charge is 0.496 e. The van der Waals surface area contributed by atoms with Crippen molar-refractivity contribution < 1.29 is 24.1 Å². The zero-order valence-electron chi connectivity index (χ0n) is 20.9. The Bertz CT molecular complexity index is 1590. The van der Waals surface area contributed by atoms with E-state index in [1.54, 1.807) is 18.2 Å². The van der Waals surface area contributed by atoms with E-state index in [0.29, 0.717) is 22.6 Å². The molecule has 14 heteroatoms. The Morgan fingerprint density at radius 2 is 1.88 bits per heavy atom. The number of aromatic nitrogens is 2. The summed E-state index contributed by atoms with van der Waals surface area (Å²) >= 11 is 3.37. The van der Waals surface area contributed by atoms with Crippen LogP contribution < -0.4 is 14.9 Å². The van der Waals surface area contributed by atoms with Crippen molar-refractivity contribution in [2.45, 2.75) is 13.2 Å². The number of nitro benzene ring substituents is 1. The molecule has 4 aromatic rings. The number of rotatable bonds is 11. The normalized spacial score (nSPS) is 10.8. The number of halogens is 1. The summed E-state index contributed by atoms with van der Waals surface area (Å²) in [5.74, 6) is 0.101. The van der Waals surface area contributed by atoms with Crippen LogP contribution in [0.4, 0.5) is 11.4 Å². The second-order valence-corrected chi connectivity index (χ2v) is 9.17. The number of non-ortho nitro benzene ring substituents is 1. The van der Waals surface area contributed by atoms with Gasteiger partial charge in [-0.1, -0.05) is 40.2 Å². The van der Waals surface area contributed by atoms with Crippen LogP contribution in [0.3, 0.4) is 0 Å². The van der Waals surface area contributed by atoms with Gasteiger partial charge in [-0.3, -0.25) is 29.7 Å². The number of ether oxygens (including phenoxy) is 2. The lowest BCUT2D eigenvalue weighted by Gasteiger charge is -2.11. The highest BCUT2D eigenvalue weighted by Crippen LogP contribution is 2.24. The van der Waals surface area contributed by atoms with Gasteiger partial charge in [-0.05, 0) is 41.5 Å². The molecule has 4 rings (SSSR count). The highest BCUT2D eigenvalue weighted by molar-refractivity contribution is 9.10. The minimum absolute atomic E-state index is 0.0378. The van der Waals surface area contributed by atoms with Crippen molar-refractivity contribution in [2.75, 3.05) is 7.11 Å². The van der Waals surface area contributed by atoms with Crippen molar-refractivity contribution in [3.63, 3.8) is 0 Å². The van der Waals surface area contributed by atoms with Gasteiger partial charge in [0, 0.05) is 22.2 Å². The molecular formula is C26H21BrN6O7. The van der Waals surface area contributed by atoms with Crippen LogP contribution in [0, 0.1) is 20.2 Å². The predicted octanol–water partition coefficient (Wildman–Crippen LogP) is 4.86. The smallest absolute Gasteiger partial charge is 0.320 e. The summed E-state index contributed by atoms with van der Waals surface area (Å²) < 4.78 is 13.3. The maximum Gasteiger partial charge on any atom is 0.320 e. The molecule has 0 fully saturated rings. The Labute approximate surface area is 235 Å². The van der Waals surface area contributed by atoms with E-state index in [0.717, 1.165) is 10.0 Å². The molecule has 0 spiro atoms. The number of nitrogens with zero attached hydrogens (tertiary/aromatic N) is 5. The van der Waals surface area contributed by atoms with Gasteiger partial charge in [-0.25, -0.2) is 5.43 Å². The van der Waals surface area contributed by atoms with Crippen LogP contribution in [0.1, 0.15) is 27.2 Å². The molecule has 204 valence electrons. The first-order valence-electron chi connectivity index (χ1n) is 11.6. The van der Waals surface area contributed by atoms with Gasteiger partial charge >= 0.3 is 5.69 Å². The van der Waals surface area contributed by atoms with Gasteiger partial charge in [0.25, 0.3) is 11.6 Å². The van der Waals surface area contributed by atoms with Gasteiger partial charge in [0.2, 0.25) is 5.69 Å². The number of carbonyl (C=O) groups excluding carboxylic acids is 1. The van der Waals surface area contributed by atoms with Crippen LogP contribution in [-0.4, -0.2) is 38.9 Å². The first-order chi connectivity index (χ1) is 19.2. The first-order valence-corrected chi connectivity index (χ1v) is 12.4. The minimum Gasteiger partial charge on any atom is -0.496 e. The number of hydrogen-bond acceptors (Lipinski definition) is 9. The molecule has 0 aliphatic carbocycles. The average molecular weight is 609 g/mol. The minimum atomic E-state index is -0.837. The van der Waals surface area contributed by atoms with Crippen LogP contribution in [0.5, 0.6) is 11.5 Å². The summed E-state index contributed by atoms with van der Waals surface area (Å²) in [6.07, 6.45) is 2.55. The molecule has 13 nitrogen and oxygen atoms in total. The number of amides is 1. The fraction of sp³-hybridized carbons (Fsp3) is 0.115. The van der Waals surface area contributed by atoms with E-state index in [2.05, 4.69) is 31.6 Å². The van der Waals surface area contributed by atoms with Crippen LogP contribution in [0.25, 0.3) is 0 Å². The molecule has 0 aliphatic heterocycles. The van der Waals surface area contributed by atoms with Gasteiger partial charge in [-0.2, -0.15) is 10.2 Å². The third-order valence-electron chi connectivity index (χ3n) is 5.52. The number of hydrazone groups is 1. The van der Waals surface area contributed by atoms with Crippen molar-refractivity contribution in [2.24, 2.45) is 5.10 Å². The van der Waals surface area contributed by atoms with E-state index in [4.69, 9.17) is 9.47 Å². The van der Waals surface area contributed by atoms with E-state index in [1.807, 2.05) is 24.3 Å².